The van der Waals surface area contributed by atoms with Crippen LogP contribution in [0.2, 0.25) is 0 Å². The third-order valence-corrected chi connectivity index (χ3v) is 3.06. The van der Waals surface area contributed by atoms with Crippen molar-refractivity contribution in [1.82, 2.24) is 0 Å². The minimum Gasteiger partial charge on any atom is -0.495 e. The molecule has 3 nitrogen and oxygen atoms in total. The van der Waals surface area contributed by atoms with Crippen LogP contribution in [0.5, 0.6) is 5.75 Å². The van der Waals surface area contributed by atoms with Gasteiger partial charge in [0, 0.05) is 20.0 Å². The molecule has 0 aliphatic rings. The minimum atomic E-state index is 0.502. The summed E-state index contributed by atoms with van der Waals surface area (Å²) in [5, 5.41) is 8.57. The number of methoxy groups -OCH3 is 1. The Bertz CT molecular complexity index is 421. The number of benzene rings is 1. The van der Waals surface area contributed by atoms with Crippen LogP contribution in [0.3, 0.4) is 0 Å². The first-order valence-corrected chi connectivity index (χ1v) is 6.36. The highest BCUT2D eigenvalue weighted by atomic mass is 16.5. The average Bonchev–Trinajstić information content (AvgIpc) is 2.38. The molecule has 0 unspecified atom stereocenters. The molecular formula is C15H22N2O. The summed E-state index contributed by atoms with van der Waals surface area (Å²) in [5.74, 6) is 1.39. The van der Waals surface area contributed by atoms with Crippen LogP contribution < -0.4 is 9.64 Å². The molecule has 0 aliphatic heterocycles. The molecule has 0 amide bonds. The molecule has 0 saturated heterocycles. The van der Waals surface area contributed by atoms with Crippen LogP contribution in [-0.4, -0.2) is 20.7 Å². The van der Waals surface area contributed by atoms with E-state index in [0.717, 1.165) is 24.4 Å². The van der Waals surface area contributed by atoms with Crippen molar-refractivity contribution in [2.45, 2.75) is 32.6 Å². The van der Waals surface area contributed by atoms with E-state index < -0.39 is 0 Å². The highest BCUT2D eigenvalue weighted by molar-refractivity contribution is 5.60. The number of hydrogen-bond acceptors (Lipinski definition) is 3. The first-order chi connectivity index (χ1) is 8.60. The Labute approximate surface area is 110 Å². The summed E-state index contributed by atoms with van der Waals surface area (Å²) in [6, 6.07) is 8.48. The standard InChI is InChI=1S/C15H22N2O/c1-12(2)13-7-8-15(18-4)14(11-13)17(3)10-6-5-9-16/h7-8,11-12H,5-6,10H2,1-4H3. The molecule has 1 rings (SSSR count). The van der Waals surface area contributed by atoms with Crippen molar-refractivity contribution in [3.05, 3.63) is 23.8 Å². The van der Waals surface area contributed by atoms with E-state index in [9.17, 15) is 0 Å². The zero-order valence-electron chi connectivity index (χ0n) is 11.7. The van der Waals surface area contributed by atoms with E-state index in [1.54, 1.807) is 7.11 Å². The zero-order valence-corrected chi connectivity index (χ0v) is 11.7. The smallest absolute Gasteiger partial charge is 0.142 e. The molecule has 0 bridgehead atoms. The third-order valence-electron chi connectivity index (χ3n) is 3.06. The Kier molecular flexibility index (Phi) is 5.51. The van der Waals surface area contributed by atoms with Crippen LogP contribution >= 0.6 is 0 Å². The van der Waals surface area contributed by atoms with Crippen molar-refractivity contribution in [3.8, 4) is 11.8 Å². The highest BCUT2D eigenvalue weighted by Crippen LogP contribution is 2.31. The molecule has 0 aromatic heterocycles. The van der Waals surface area contributed by atoms with Gasteiger partial charge >= 0.3 is 0 Å². The van der Waals surface area contributed by atoms with E-state index >= 15 is 0 Å². The fraction of sp³-hybridized carbons (Fsp3) is 0.533. The number of anilines is 1. The van der Waals surface area contributed by atoms with E-state index in [4.69, 9.17) is 10.00 Å². The van der Waals surface area contributed by atoms with Crippen molar-refractivity contribution in [2.24, 2.45) is 0 Å². The number of ether oxygens (including phenoxy) is 1. The molecule has 0 spiro atoms. The van der Waals surface area contributed by atoms with Gasteiger partial charge in [-0.2, -0.15) is 5.26 Å². The van der Waals surface area contributed by atoms with E-state index in [-0.39, 0.29) is 0 Å². The van der Waals surface area contributed by atoms with Crippen molar-refractivity contribution in [2.75, 3.05) is 25.6 Å². The lowest BCUT2D eigenvalue weighted by Crippen LogP contribution is -2.19. The predicted octanol–water partition coefficient (Wildman–Crippen LogP) is 3.56. The second kappa shape index (κ2) is 6.90. The lowest BCUT2D eigenvalue weighted by atomic mass is 10.0. The lowest BCUT2D eigenvalue weighted by Gasteiger charge is -2.22. The van der Waals surface area contributed by atoms with Gasteiger partial charge < -0.3 is 9.64 Å². The van der Waals surface area contributed by atoms with Gasteiger partial charge in [-0.05, 0) is 30.0 Å². The largest absolute Gasteiger partial charge is 0.495 e. The maximum absolute atomic E-state index is 8.57. The first kappa shape index (κ1) is 14.4. The summed E-state index contributed by atoms with van der Waals surface area (Å²) in [5.41, 5.74) is 2.40. The molecule has 98 valence electrons. The number of unbranched alkanes of at least 4 members (excludes halogenated alkanes) is 1. The predicted molar refractivity (Wildman–Crippen MR) is 75.2 cm³/mol. The van der Waals surface area contributed by atoms with E-state index in [1.165, 1.54) is 5.56 Å². The monoisotopic (exact) mass is 246 g/mol. The highest BCUT2D eigenvalue weighted by Gasteiger charge is 2.10. The molecule has 0 atom stereocenters. The van der Waals surface area contributed by atoms with E-state index in [0.29, 0.717) is 12.3 Å². The Morgan fingerprint density at radius 1 is 1.39 bits per heavy atom. The number of nitriles is 1. The number of nitrogens with zero attached hydrogens (tertiary/aromatic N) is 2. The van der Waals surface area contributed by atoms with Crippen LogP contribution in [-0.2, 0) is 0 Å². The molecule has 0 radical (unpaired) electrons. The molecule has 1 aromatic rings. The molecule has 0 fully saturated rings. The van der Waals surface area contributed by atoms with E-state index in [2.05, 4.69) is 36.9 Å². The molecular weight excluding hydrogens is 224 g/mol. The summed E-state index contributed by atoms with van der Waals surface area (Å²) >= 11 is 0. The third kappa shape index (κ3) is 3.66. The molecule has 0 heterocycles. The average molecular weight is 246 g/mol. The molecule has 18 heavy (non-hydrogen) atoms. The van der Waals surface area contributed by atoms with E-state index in [1.807, 2.05) is 13.1 Å². The Hall–Kier alpha value is -1.69. The van der Waals surface area contributed by atoms with Gasteiger partial charge in [-0.3, -0.25) is 0 Å². The molecule has 3 heteroatoms. The number of hydrogen-bond donors (Lipinski definition) is 0. The summed E-state index contributed by atoms with van der Waals surface area (Å²) in [6.07, 6.45) is 1.47. The molecule has 0 saturated carbocycles. The van der Waals surface area contributed by atoms with Crippen molar-refractivity contribution in [1.29, 1.82) is 5.26 Å². The summed E-state index contributed by atoms with van der Waals surface area (Å²) < 4.78 is 5.40. The van der Waals surface area contributed by atoms with Gasteiger partial charge in [-0.1, -0.05) is 19.9 Å². The molecule has 0 aliphatic carbocycles. The van der Waals surface area contributed by atoms with Crippen LogP contribution in [0, 0.1) is 11.3 Å². The van der Waals surface area contributed by atoms with Gasteiger partial charge in [-0.15, -0.1) is 0 Å². The summed E-state index contributed by atoms with van der Waals surface area (Å²) in [7, 11) is 3.73. The van der Waals surface area contributed by atoms with Crippen LogP contribution in [0.1, 0.15) is 38.2 Å². The quantitative estimate of drug-likeness (QED) is 0.720. The zero-order chi connectivity index (χ0) is 13.5. The summed E-state index contributed by atoms with van der Waals surface area (Å²) in [6.45, 7) is 5.23. The fourth-order valence-corrected chi connectivity index (χ4v) is 1.88. The molecule has 0 N–H and O–H groups in total. The van der Waals surface area contributed by atoms with Gasteiger partial charge in [0.2, 0.25) is 0 Å². The second-order valence-corrected chi connectivity index (χ2v) is 4.77. The molecule has 1 aromatic carbocycles. The summed E-state index contributed by atoms with van der Waals surface area (Å²) in [4.78, 5) is 2.15. The lowest BCUT2D eigenvalue weighted by molar-refractivity contribution is 0.414. The Morgan fingerprint density at radius 2 is 2.11 bits per heavy atom. The maximum Gasteiger partial charge on any atom is 0.142 e. The van der Waals surface area contributed by atoms with Crippen LogP contribution in [0.15, 0.2) is 18.2 Å². The number of rotatable bonds is 6. The second-order valence-electron chi connectivity index (χ2n) is 4.77. The van der Waals surface area contributed by atoms with Gasteiger partial charge in [0.25, 0.3) is 0 Å². The van der Waals surface area contributed by atoms with Crippen molar-refractivity contribution < 1.29 is 4.74 Å². The van der Waals surface area contributed by atoms with Crippen molar-refractivity contribution in [3.63, 3.8) is 0 Å². The van der Waals surface area contributed by atoms with Gasteiger partial charge in [0.05, 0.1) is 18.9 Å². The Balaban J connectivity index is 2.89. The van der Waals surface area contributed by atoms with Crippen LogP contribution in [0.25, 0.3) is 0 Å². The fourth-order valence-electron chi connectivity index (χ4n) is 1.88. The topological polar surface area (TPSA) is 36.3 Å². The van der Waals surface area contributed by atoms with Gasteiger partial charge in [-0.25, -0.2) is 0 Å². The first-order valence-electron chi connectivity index (χ1n) is 6.36. The van der Waals surface area contributed by atoms with Crippen molar-refractivity contribution >= 4 is 5.69 Å². The Morgan fingerprint density at radius 3 is 2.67 bits per heavy atom. The minimum absolute atomic E-state index is 0.502. The van der Waals surface area contributed by atoms with Gasteiger partial charge in [0.1, 0.15) is 5.75 Å². The maximum atomic E-state index is 8.57. The SMILES string of the molecule is COc1ccc(C(C)C)cc1N(C)CCCC#N. The van der Waals surface area contributed by atoms with Crippen LogP contribution in [0.4, 0.5) is 5.69 Å². The normalized spacial score (nSPS) is 10.2. The van der Waals surface area contributed by atoms with Gasteiger partial charge in [0.15, 0.2) is 0 Å².